The fourth-order valence-corrected chi connectivity index (χ4v) is 3.00. The average molecular weight is 316 g/mol. The first-order valence-corrected chi connectivity index (χ1v) is 7.92. The molecule has 7 heteroatoms. The molecule has 0 bridgehead atoms. The van der Waals surface area contributed by atoms with Crippen LogP contribution < -0.4 is 11.1 Å². The second kappa shape index (κ2) is 9.30. The highest BCUT2D eigenvalue weighted by atomic mass is 32.1. The van der Waals surface area contributed by atoms with E-state index >= 15 is 0 Å². The van der Waals surface area contributed by atoms with Gasteiger partial charge in [-0.25, -0.2) is 0 Å². The molecule has 0 aromatic heterocycles. The van der Waals surface area contributed by atoms with Gasteiger partial charge in [0.2, 0.25) is 5.91 Å². The number of hydrogen-bond acceptors (Lipinski definition) is 5. The predicted octanol–water partition coefficient (Wildman–Crippen LogP) is -0.180. The van der Waals surface area contributed by atoms with E-state index in [0.717, 1.165) is 32.6 Å². The first-order valence-electron chi connectivity index (χ1n) is 7.52. The standard InChI is InChI=1S/C14H28N4O2S/c1-4-12(14(15)21)18-7-5-17(6-8-18)9-13(19)16-11(2)10-20-3/h11-12H,4-10H2,1-3H3,(H2,15,21)(H,16,19). The average Bonchev–Trinajstić information content (AvgIpc) is 2.41. The number of carbonyl (C=O) groups excluding carboxylic acids is 1. The van der Waals surface area contributed by atoms with Crippen LogP contribution in [0.1, 0.15) is 20.3 Å². The Morgan fingerprint density at radius 2 is 2.00 bits per heavy atom. The molecule has 1 heterocycles. The Balaban J connectivity index is 2.33. The molecule has 1 aliphatic heterocycles. The van der Waals surface area contributed by atoms with Crippen molar-refractivity contribution < 1.29 is 9.53 Å². The molecule has 0 aromatic carbocycles. The van der Waals surface area contributed by atoms with E-state index in [2.05, 4.69) is 22.0 Å². The highest BCUT2D eigenvalue weighted by Crippen LogP contribution is 2.09. The maximum Gasteiger partial charge on any atom is 0.234 e. The molecule has 0 radical (unpaired) electrons. The number of piperazine rings is 1. The van der Waals surface area contributed by atoms with Crippen LogP contribution in [-0.2, 0) is 9.53 Å². The molecule has 0 aromatic rings. The molecule has 0 saturated carbocycles. The first kappa shape index (κ1) is 18.3. The van der Waals surface area contributed by atoms with Crippen LogP contribution in [0.3, 0.4) is 0 Å². The van der Waals surface area contributed by atoms with Crippen LogP contribution in [0.4, 0.5) is 0 Å². The van der Waals surface area contributed by atoms with Gasteiger partial charge in [0.05, 0.1) is 24.2 Å². The van der Waals surface area contributed by atoms with Crippen molar-refractivity contribution in [1.29, 1.82) is 0 Å². The van der Waals surface area contributed by atoms with Gasteiger partial charge >= 0.3 is 0 Å². The summed E-state index contributed by atoms with van der Waals surface area (Å²) in [6.07, 6.45) is 0.935. The summed E-state index contributed by atoms with van der Waals surface area (Å²) in [5, 5.41) is 2.93. The lowest BCUT2D eigenvalue weighted by Gasteiger charge is -2.38. The third-order valence-electron chi connectivity index (χ3n) is 3.75. The molecule has 122 valence electrons. The summed E-state index contributed by atoms with van der Waals surface area (Å²) >= 11 is 5.12. The third kappa shape index (κ3) is 6.25. The minimum atomic E-state index is 0.0443. The fourth-order valence-electron chi connectivity index (χ4n) is 2.69. The summed E-state index contributed by atoms with van der Waals surface area (Å²) in [6.45, 7) is 8.54. The van der Waals surface area contributed by atoms with Gasteiger partial charge in [0.25, 0.3) is 0 Å². The Morgan fingerprint density at radius 1 is 1.38 bits per heavy atom. The first-order chi connectivity index (χ1) is 9.97. The van der Waals surface area contributed by atoms with Gasteiger partial charge in [0.15, 0.2) is 0 Å². The van der Waals surface area contributed by atoms with Crippen LogP contribution in [0.2, 0.25) is 0 Å². The summed E-state index contributed by atoms with van der Waals surface area (Å²) in [6, 6.07) is 0.223. The molecule has 2 atom stereocenters. The number of amides is 1. The lowest BCUT2D eigenvalue weighted by molar-refractivity contribution is -0.123. The molecule has 3 N–H and O–H groups in total. The number of rotatable bonds is 8. The molecule has 1 amide bonds. The van der Waals surface area contributed by atoms with Crippen molar-refractivity contribution in [2.75, 3.05) is 46.4 Å². The number of carbonyl (C=O) groups is 1. The highest BCUT2D eigenvalue weighted by Gasteiger charge is 2.25. The number of ether oxygens (including phenoxy) is 1. The van der Waals surface area contributed by atoms with Crippen molar-refractivity contribution in [3.05, 3.63) is 0 Å². The van der Waals surface area contributed by atoms with Gasteiger partial charge in [-0.1, -0.05) is 19.1 Å². The molecule has 1 rings (SSSR count). The van der Waals surface area contributed by atoms with E-state index in [9.17, 15) is 4.79 Å². The second-order valence-corrected chi connectivity index (χ2v) is 6.03. The maximum atomic E-state index is 11.9. The lowest BCUT2D eigenvalue weighted by Crippen LogP contribution is -2.55. The quantitative estimate of drug-likeness (QED) is 0.606. The second-order valence-electron chi connectivity index (χ2n) is 5.56. The van der Waals surface area contributed by atoms with Gasteiger partial charge in [-0.2, -0.15) is 0 Å². The van der Waals surface area contributed by atoms with E-state index in [1.165, 1.54) is 0 Å². The van der Waals surface area contributed by atoms with Crippen LogP contribution in [-0.4, -0.2) is 79.2 Å². The SMILES string of the molecule is CCC(C(N)=S)N1CCN(CC(=O)NC(C)COC)CC1. The molecule has 1 saturated heterocycles. The van der Waals surface area contributed by atoms with Crippen LogP contribution in [0.15, 0.2) is 0 Å². The zero-order chi connectivity index (χ0) is 15.8. The molecule has 1 aliphatic rings. The molecule has 0 aliphatic carbocycles. The van der Waals surface area contributed by atoms with Crippen LogP contribution >= 0.6 is 12.2 Å². The van der Waals surface area contributed by atoms with Gasteiger partial charge in [-0.15, -0.1) is 0 Å². The molecular weight excluding hydrogens is 288 g/mol. The minimum absolute atomic E-state index is 0.0443. The zero-order valence-corrected chi connectivity index (χ0v) is 14.1. The van der Waals surface area contributed by atoms with Gasteiger partial charge < -0.3 is 15.8 Å². The van der Waals surface area contributed by atoms with E-state index in [0.29, 0.717) is 18.1 Å². The Kier molecular flexibility index (Phi) is 8.10. The topological polar surface area (TPSA) is 70.8 Å². The summed E-state index contributed by atoms with van der Waals surface area (Å²) < 4.78 is 5.01. The smallest absolute Gasteiger partial charge is 0.234 e. The van der Waals surface area contributed by atoms with E-state index in [4.69, 9.17) is 22.7 Å². The Morgan fingerprint density at radius 3 is 2.48 bits per heavy atom. The van der Waals surface area contributed by atoms with Gasteiger partial charge in [0.1, 0.15) is 0 Å². The summed E-state index contributed by atoms with van der Waals surface area (Å²) in [5.74, 6) is 0.0504. The highest BCUT2D eigenvalue weighted by molar-refractivity contribution is 7.80. The monoisotopic (exact) mass is 316 g/mol. The van der Waals surface area contributed by atoms with Gasteiger partial charge in [-0.3, -0.25) is 14.6 Å². The third-order valence-corrected chi connectivity index (χ3v) is 4.03. The summed E-state index contributed by atoms with van der Waals surface area (Å²) in [7, 11) is 1.63. The van der Waals surface area contributed by atoms with Crippen molar-refractivity contribution >= 4 is 23.1 Å². The number of nitrogens with one attached hydrogen (secondary N) is 1. The van der Waals surface area contributed by atoms with Gasteiger partial charge in [-0.05, 0) is 13.3 Å². The largest absolute Gasteiger partial charge is 0.392 e. The lowest BCUT2D eigenvalue weighted by atomic mass is 10.1. The van der Waals surface area contributed by atoms with Crippen molar-refractivity contribution in [1.82, 2.24) is 15.1 Å². The normalized spacial score (nSPS) is 20.0. The molecule has 1 fully saturated rings. The number of hydrogen-bond donors (Lipinski definition) is 2. The van der Waals surface area contributed by atoms with E-state index in [-0.39, 0.29) is 18.0 Å². The number of nitrogens with two attached hydrogens (primary N) is 1. The van der Waals surface area contributed by atoms with Crippen molar-refractivity contribution in [2.24, 2.45) is 5.73 Å². The number of nitrogens with zero attached hydrogens (tertiary/aromatic N) is 2. The molecule has 0 spiro atoms. The van der Waals surface area contributed by atoms with E-state index in [1.807, 2.05) is 6.92 Å². The van der Waals surface area contributed by atoms with Crippen molar-refractivity contribution in [2.45, 2.75) is 32.4 Å². The molecule has 2 unspecified atom stereocenters. The Labute approximate surface area is 133 Å². The number of methoxy groups -OCH3 is 1. The van der Waals surface area contributed by atoms with Crippen LogP contribution in [0, 0.1) is 0 Å². The predicted molar refractivity (Wildman–Crippen MR) is 88.4 cm³/mol. The van der Waals surface area contributed by atoms with Crippen LogP contribution in [0.25, 0.3) is 0 Å². The van der Waals surface area contributed by atoms with E-state index in [1.54, 1.807) is 7.11 Å². The summed E-state index contributed by atoms with van der Waals surface area (Å²) in [4.78, 5) is 17.0. The van der Waals surface area contributed by atoms with Gasteiger partial charge in [0, 0.05) is 39.3 Å². The maximum absolute atomic E-state index is 11.9. The zero-order valence-electron chi connectivity index (χ0n) is 13.3. The molecular formula is C14H28N4O2S. The summed E-state index contributed by atoms with van der Waals surface area (Å²) in [5.41, 5.74) is 5.78. The number of thiocarbonyl (C=S) groups is 1. The van der Waals surface area contributed by atoms with E-state index < -0.39 is 0 Å². The molecule has 6 nitrogen and oxygen atoms in total. The minimum Gasteiger partial charge on any atom is -0.392 e. The van der Waals surface area contributed by atoms with Crippen molar-refractivity contribution in [3.8, 4) is 0 Å². The molecule has 21 heavy (non-hydrogen) atoms. The fraction of sp³-hybridized carbons (Fsp3) is 0.857. The van der Waals surface area contributed by atoms with Crippen molar-refractivity contribution in [3.63, 3.8) is 0 Å². The van der Waals surface area contributed by atoms with Crippen LogP contribution in [0.5, 0.6) is 0 Å². The Hall–Kier alpha value is -0.760. The Bertz CT molecular complexity index is 346.